The van der Waals surface area contributed by atoms with Crippen molar-refractivity contribution in [3.05, 3.63) is 206 Å². The van der Waals surface area contributed by atoms with Gasteiger partial charge in [0.2, 0.25) is 0 Å². The van der Waals surface area contributed by atoms with Gasteiger partial charge in [0.1, 0.15) is 22.3 Å². The molecule has 0 bridgehead atoms. The lowest BCUT2D eigenvalue weighted by Crippen LogP contribution is -2.11. The topological polar surface area (TPSA) is 32.8 Å². The first-order valence-electron chi connectivity index (χ1n) is 19.7. The van der Waals surface area contributed by atoms with Gasteiger partial charge < -0.3 is 18.6 Å². The lowest BCUT2D eigenvalue weighted by Gasteiger charge is -2.29. The highest BCUT2D eigenvalue weighted by molar-refractivity contribution is 6.25. The first kappa shape index (κ1) is 32.4. The summed E-state index contributed by atoms with van der Waals surface area (Å²) in [4.78, 5) is 4.79. The minimum atomic E-state index is 0.878. The van der Waals surface area contributed by atoms with Crippen molar-refractivity contribution in [1.29, 1.82) is 0 Å². The smallest absolute Gasteiger partial charge is 0.135 e. The summed E-state index contributed by atoms with van der Waals surface area (Å²) < 4.78 is 12.6. The van der Waals surface area contributed by atoms with Gasteiger partial charge in [0.15, 0.2) is 0 Å². The lowest BCUT2D eigenvalue weighted by molar-refractivity contribution is 0.668. The van der Waals surface area contributed by atoms with Gasteiger partial charge in [-0.25, -0.2) is 0 Å². The average Bonchev–Trinajstić information content (AvgIpc) is 3.85. The van der Waals surface area contributed by atoms with E-state index in [1.165, 1.54) is 21.5 Å². The minimum absolute atomic E-state index is 0.878. The summed E-state index contributed by atoms with van der Waals surface area (Å²) in [5.74, 6) is 0. The van der Waals surface area contributed by atoms with Gasteiger partial charge in [-0.2, -0.15) is 0 Å². The Labute approximate surface area is 334 Å². The van der Waals surface area contributed by atoms with Gasteiger partial charge in [0, 0.05) is 55.1 Å². The van der Waals surface area contributed by atoms with Gasteiger partial charge in [-0.15, -0.1) is 0 Å². The van der Waals surface area contributed by atoms with E-state index in [4.69, 9.17) is 8.83 Å². The molecule has 12 aromatic rings. The third-order valence-electron chi connectivity index (χ3n) is 11.6. The second-order valence-corrected chi connectivity index (χ2v) is 14.9. The Hall–Kier alpha value is -7.82. The van der Waals surface area contributed by atoms with Crippen molar-refractivity contribution in [3.63, 3.8) is 0 Å². The van der Waals surface area contributed by atoms with Gasteiger partial charge >= 0.3 is 0 Å². The van der Waals surface area contributed by atoms with Crippen LogP contribution in [0.5, 0.6) is 0 Å². The van der Waals surface area contributed by atoms with Crippen LogP contribution in [0.1, 0.15) is 0 Å². The van der Waals surface area contributed by atoms with Crippen molar-refractivity contribution < 1.29 is 8.83 Å². The van der Waals surface area contributed by atoms with E-state index in [0.717, 1.165) is 88.8 Å². The molecule has 0 N–H and O–H groups in total. The summed E-state index contributed by atoms with van der Waals surface area (Å²) in [5.41, 5.74) is 10.0. The second kappa shape index (κ2) is 12.9. The Morgan fingerprint density at radius 3 is 1.00 bits per heavy atom. The number of para-hydroxylation sites is 4. The number of nitrogens with zero attached hydrogens (tertiary/aromatic N) is 2. The van der Waals surface area contributed by atoms with Crippen LogP contribution in [0.25, 0.3) is 76.2 Å². The van der Waals surface area contributed by atoms with Gasteiger partial charge in [-0.1, -0.05) is 121 Å². The van der Waals surface area contributed by atoms with Crippen LogP contribution >= 0.6 is 0 Å². The molecular weight excluding hydrogens is 709 g/mol. The fraction of sp³-hybridized carbons (Fsp3) is 0. The van der Waals surface area contributed by atoms with Gasteiger partial charge in [-0.3, -0.25) is 0 Å². The number of hydrogen-bond donors (Lipinski definition) is 0. The predicted octanol–water partition coefficient (Wildman–Crippen LogP) is 15.9. The summed E-state index contributed by atoms with van der Waals surface area (Å²) in [6, 6.07) is 73.5. The highest BCUT2D eigenvalue weighted by Gasteiger charge is 2.23. The van der Waals surface area contributed by atoms with Crippen molar-refractivity contribution in [2.45, 2.75) is 0 Å². The molecule has 0 spiro atoms. The van der Waals surface area contributed by atoms with Crippen LogP contribution in [0.15, 0.2) is 215 Å². The molecule has 58 heavy (non-hydrogen) atoms. The highest BCUT2D eigenvalue weighted by Crippen LogP contribution is 2.48. The highest BCUT2D eigenvalue weighted by atomic mass is 16.3. The molecule has 2 aromatic heterocycles. The van der Waals surface area contributed by atoms with Gasteiger partial charge in [0.25, 0.3) is 0 Å². The number of fused-ring (bicyclic) bond motifs is 11. The SMILES string of the molecule is c1ccc(N(c2ccc3oc4ccccc4c3c2)c2cc3c4ccccc4c(N(c4ccccc4)c4ccc5oc6ccccc6c5c4)cc3c3ccccc23)cc1. The Bertz CT molecular complexity index is 3290. The summed E-state index contributed by atoms with van der Waals surface area (Å²) >= 11 is 0. The van der Waals surface area contributed by atoms with Crippen LogP contribution in [0.4, 0.5) is 34.1 Å². The lowest BCUT2D eigenvalue weighted by atomic mass is 9.93. The zero-order valence-electron chi connectivity index (χ0n) is 31.3. The molecule has 0 radical (unpaired) electrons. The van der Waals surface area contributed by atoms with Crippen LogP contribution in [0.3, 0.4) is 0 Å². The maximum atomic E-state index is 6.28. The average molecular weight is 743 g/mol. The Kier molecular flexibility index (Phi) is 7.20. The Morgan fingerprint density at radius 2 is 0.569 bits per heavy atom. The quantitative estimate of drug-likeness (QED) is 0.159. The zero-order valence-corrected chi connectivity index (χ0v) is 31.3. The Balaban J connectivity index is 1.14. The fourth-order valence-electron chi connectivity index (χ4n) is 9.00. The maximum absolute atomic E-state index is 6.28. The molecule has 0 amide bonds. The number of hydrogen-bond acceptors (Lipinski definition) is 4. The van der Waals surface area contributed by atoms with Crippen LogP contribution in [-0.4, -0.2) is 0 Å². The predicted molar refractivity (Wildman–Crippen MR) is 243 cm³/mol. The number of furan rings is 2. The van der Waals surface area contributed by atoms with Crippen molar-refractivity contribution >= 4 is 110 Å². The molecule has 0 aliphatic heterocycles. The van der Waals surface area contributed by atoms with Crippen molar-refractivity contribution in [3.8, 4) is 0 Å². The van der Waals surface area contributed by atoms with E-state index in [9.17, 15) is 0 Å². The van der Waals surface area contributed by atoms with Crippen LogP contribution < -0.4 is 9.80 Å². The molecule has 0 unspecified atom stereocenters. The van der Waals surface area contributed by atoms with Crippen molar-refractivity contribution in [1.82, 2.24) is 0 Å². The van der Waals surface area contributed by atoms with Crippen molar-refractivity contribution in [2.75, 3.05) is 9.80 Å². The van der Waals surface area contributed by atoms with Crippen LogP contribution in [0.2, 0.25) is 0 Å². The van der Waals surface area contributed by atoms with E-state index in [2.05, 4.69) is 192 Å². The molecule has 0 aliphatic carbocycles. The molecule has 0 saturated carbocycles. The third-order valence-corrected chi connectivity index (χ3v) is 11.6. The summed E-state index contributed by atoms with van der Waals surface area (Å²) in [6.07, 6.45) is 0. The molecule has 0 saturated heterocycles. The molecule has 4 heteroatoms. The zero-order chi connectivity index (χ0) is 38.2. The summed E-state index contributed by atoms with van der Waals surface area (Å²) in [5, 5.41) is 11.5. The van der Waals surface area contributed by atoms with E-state index in [1.807, 2.05) is 24.3 Å². The van der Waals surface area contributed by atoms with E-state index in [-0.39, 0.29) is 0 Å². The van der Waals surface area contributed by atoms with E-state index >= 15 is 0 Å². The molecule has 272 valence electrons. The molecule has 0 fully saturated rings. The summed E-state index contributed by atoms with van der Waals surface area (Å²) in [6.45, 7) is 0. The first-order chi connectivity index (χ1) is 28.8. The van der Waals surface area contributed by atoms with Crippen LogP contribution in [-0.2, 0) is 0 Å². The van der Waals surface area contributed by atoms with E-state index in [0.29, 0.717) is 0 Å². The molecule has 12 rings (SSSR count). The van der Waals surface area contributed by atoms with Crippen LogP contribution in [0, 0.1) is 0 Å². The number of rotatable bonds is 6. The normalized spacial score (nSPS) is 11.8. The third kappa shape index (κ3) is 5.02. The summed E-state index contributed by atoms with van der Waals surface area (Å²) in [7, 11) is 0. The van der Waals surface area contributed by atoms with Gasteiger partial charge in [0.05, 0.1) is 11.4 Å². The van der Waals surface area contributed by atoms with Crippen molar-refractivity contribution in [2.24, 2.45) is 0 Å². The largest absolute Gasteiger partial charge is 0.456 e. The first-order valence-corrected chi connectivity index (χ1v) is 19.7. The molecule has 2 heterocycles. The standard InChI is InChI=1S/C54H34N2O2/c1-3-15-35(16-4-1)55(37-27-29-53-47(31-37)43-23-11-13-25-51(43)57-53)49-33-45-40-20-8-10-22-42(40)50(34-46(45)39-19-7-9-21-41(39)49)56(36-17-5-2-6-18-36)38-28-30-54-48(32-38)44-24-12-14-26-52(44)58-54/h1-34H. The Morgan fingerprint density at radius 1 is 0.224 bits per heavy atom. The monoisotopic (exact) mass is 742 g/mol. The fourth-order valence-corrected chi connectivity index (χ4v) is 9.00. The van der Waals surface area contributed by atoms with E-state index < -0.39 is 0 Å². The molecular formula is C54H34N2O2. The van der Waals surface area contributed by atoms with Gasteiger partial charge in [-0.05, 0) is 106 Å². The maximum Gasteiger partial charge on any atom is 0.135 e. The molecule has 0 aliphatic rings. The van der Waals surface area contributed by atoms with E-state index in [1.54, 1.807) is 0 Å². The second-order valence-electron chi connectivity index (χ2n) is 14.9. The number of anilines is 6. The number of benzene rings is 10. The molecule has 0 atom stereocenters. The molecule has 4 nitrogen and oxygen atoms in total. The molecule has 10 aromatic carbocycles. The minimum Gasteiger partial charge on any atom is -0.456 e.